The average Bonchev–Trinajstić information content (AvgIpc) is 3.46. The Bertz CT molecular complexity index is 1550. The Morgan fingerprint density at radius 1 is 1.15 bits per heavy atom. The van der Waals surface area contributed by atoms with Crippen LogP contribution in [0.3, 0.4) is 0 Å². The van der Waals surface area contributed by atoms with Gasteiger partial charge in [-0.15, -0.1) is 0 Å². The highest BCUT2D eigenvalue weighted by atomic mass is 32.2. The van der Waals surface area contributed by atoms with E-state index in [0.29, 0.717) is 11.2 Å². The van der Waals surface area contributed by atoms with Crippen molar-refractivity contribution in [1.29, 1.82) is 0 Å². The number of nitrogens with zero attached hydrogens (tertiary/aromatic N) is 3. The maximum Gasteiger partial charge on any atom is 0.418 e. The molecule has 5 atom stereocenters. The van der Waals surface area contributed by atoms with E-state index in [1.807, 2.05) is 0 Å². The normalized spacial score (nSPS) is 22.1. The number of fused-ring (bicyclic) bond motifs is 1. The second kappa shape index (κ2) is 11.7. The number of benzene rings is 1. The van der Waals surface area contributed by atoms with Crippen LogP contribution in [0.5, 0.6) is 0 Å². The molecule has 18 heteroatoms. The Hall–Kier alpha value is -3.68. The zero-order valence-electron chi connectivity index (χ0n) is 20.8. The number of Topliss-reactive ketones (excluding diaryl/α,β-unsaturated/α-hetero) is 1. The van der Waals surface area contributed by atoms with Crippen LogP contribution in [0.4, 0.5) is 18.9 Å². The van der Waals surface area contributed by atoms with Crippen LogP contribution in [0.25, 0.3) is 11.2 Å². The van der Waals surface area contributed by atoms with Crippen molar-refractivity contribution < 1.29 is 55.4 Å². The van der Waals surface area contributed by atoms with Crippen LogP contribution in [0.2, 0.25) is 0 Å². The van der Waals surface area contributed by atoms with Gasteiger partial charge in [0.1, 0.15) is 23.8 Å². The summed E-state index contributed by atoms with van der Waals surface area (Å²) >= 11 is 0. The minimum atomic E-state index is -5.04. The number of aliphatic hydroxyl groups is 3. The molecule has 3 aromatic rings. The van der Waals surface area contributed by atoms with E-state index in [-0.39, 0.29) is 5.65 Å². The molecule has 4 rings (SSSR count). The predicted molar refractivity (Wildman–Crippen MR) is 132 cm³/mol. The lowest BCUT2D eigenvalue weighted by Crippen LogP contribution is -2.37. The number of nitrogens with one attached hydrogen (secondary N) is 1. The Balaban J connectivity index is 1.32. The number of imidazole rings is 1. The molecule has 0 spiro atoms. The summed E-state index contributed by atoms with van der Waals surface area (Å²) in [5.41, 5.74) is 5.48. The number of carbonyl (C=O) groups excluding carboxylic acids is 2. The van der Waals surface area contributed by atoms with Gasteiger partial charge in [0, 0.05) is 30.2 Å². The maximum atomic E-state index is 12.9. The van der Waals surface area contributed by atoms with Gasteiger partial charge in [0.05, 0.1) is 18.6 Å². The maximum absolute atomic E-state index is 12.9. The summed E-state index contributed by atoms with van der Waals surface area (Å²) < 4.78 is 76.3. The first-order chi connectivity index (χ1) is 19.2. The standard InChI is InChI=1S/C23H24F3N5O9S/c24-23(25,26)20(36)12-4-2-1-3-11(12)14(32)5-6-16(33)30-41(37,38)39-9-15-18(34)19(35)22(40-15)31-10-29-17-13(27)7-8-28-21(17)31/h1-4,7-8,10,15,18-20,22,34-36H,5-6,9H2,(H2,27,28)(H,30,33)/t15-,18-,19-,20?,22-/m1/s1. The van der Waals surface area contributed by atoms with Crippen molar-refractivity contribution >= 4 is 38.8 Å². The van der Waals surface area contributed by atoms with E-state index >= 15 is 0 Å². The highest BCUT2D eigenvalue weighted by Gasteiger charge is 2.45. The third-order valence-corrected chi connectivity index (χ3v) is 7.10. The van der Waals surface area contributed by atoms with Crippen LogP contribution in [0.1, 0.15) is 41.1 Å². The molecule has 1 amide bonds. The van der Waals surface area contributed by atoms with Gasteiger partial charge in [-0.2, -0.15) is 21.6 Å². The van der Waals surface area contributed by atoms with Gasteiger partial charge in [0.15, 0.2) is 23.8 Å². The number of pyridine rings is 1. The second-order valence-electron chi connectivity index (χ2n) is 8.99. The van der Waals surface area contributed by atoms with Gasteiger partial charge >= 0.3 is 16.5 Å². The molecule has 1 saturated heterocycles. The van der Waals surface area contributed by atoms with Gasteiger partial charge < -0.3 is 25.8 Å². The highest BCUT2D eigenvalue weighted by Crippen LogP contribution is 2.35. The topological polar surface area (TPSA) is 216 Å². The Kier molecular flexibility index (Phi) is 8.62. The number of amides is 1. The van der Waals surface area contributed by atoms with E-state index < -0.39 is 89.4 Å². The van der Waals surface area contributed by atoms with Gasteiger partial charge in [-0.3, -0.25) is 18.3 Å². The summed E-state index contributed by atoms with van der Waals surface area (Å²) in [6.45, 7) is -0.832. The van der Waals surface area contributed by atoms with Gasteiger partial charge in [-0.05, 0) is 6.07 Å². The molecule has 14 nitrogen and oxygen atoms in total. The molecule has 0 bridgehead atoms. The number of anilines is 1. The summed E-state index contributed by atoms with van der Waals surface area (Å²) in [6, 6.07) is 5.90. The minimum Gasteiger partial charge on any atom is -0.397 e. The number of ketones is 1. The zero-order chi connectivity index (χ0) is 30.1. The number of ether oxygens (including phenoxy) is 1. The van der Waals surface area contributed by atoms with E-state index in [9.17, 15) is 46.5 Å². The number of halogens is 3. The summed E-state index contributed by atoms with van der Waals surface area (Å²) in [6.07, 6.45) is -12.5. The number of rotatable bonds is 10. The smallest absolute Gasteiger partial charge is 0.397 e. The molecule has 0 aliphatic carbocycles. The number of alkyl halides is 3. The largest absolute Gasteiger partial charge is 0.418 e. The molecule has 2 aromatic heterocycles. The van der Waals surface area contributed by atoms with Crippen LogP contribution >= 0.6 is 0 Å². The molecule has 6 N–H and O–H groups in total. The van der Waals surface area contributed by atoms with Crippen molar-refractivity contribution in [3.63, 3.8) is 0 Å². The average molecular weight is 604 g/mol. The van der Waals surface area contributed by atoms with Gasteiger partial charge in [-0.1, -0.05) is 24.3 Å². The fourth-order valence-electron chi connectivity index (χ4n) is 4.14. The van der Waals surface area contributed by atoms with E-state index in [2.05, 4.69) is 9.97 Å². The SMILES string of the molecule is Nc1ccnc2c1ncn2[C@@H]1O[C@H](COS(=O)(=O)NC(=O)CCC(=O)c2ccccc2C(O)C(F)(F)F)[C@@H](O)[C@H]1O. The molecule has 222 valence electrons. The van der Waals surface area contributed by atoms with Gasteiger partial charge in [-0.25, -0.2) is 14.7 Å². The molecule has 1 aliphatic rings. The molecule has 0 radical (unpaired) electrons. The molecule has 1 aromatic carbocycles. The Morgan fingerprint density at radius 3 is 2.56 bits per heavy atom. The van der Waals surface area contributed by atoms with E-state index in [1.54, 1.807) is 0 Å². The fraction of sp³-hybridized carbons (Fsp3) is 0.391. The fourth-order valence-corrected chi connectivity index (χ4v) is 4.89. The molecule has 0 saturated carbocycles. The van der Waals surface area contributed by atoms with Crippen LogP contribution in [0.15, 0.2) is 42.9 Å². The first-order valence-electron chi connectivity index (χ1n) is 11.8. The number of carbonyl (C=O) groups is 2. The molecule has 1 unspecified atom stereocenters. The summed E-state index contributed by atoms with van der Waals surface area (Å²) in [7, 11) is -4.79. The van der Waals surface area contributed by atoms with Crippen molar-refractivity contribution in [2.45, 2.75) is 49.7 Å². The quantitative estimate of drug-likeness (QED) is 0.197. The monoisotopic (exact) mass is 603 g/mol. The third-order valence-electron chi connectivity index (χ3n) is 6.17. The summed E-state index contributed by atoms with van der Waals surface area (Å²) in [5.74, 6) is -2.16. The number of aromatic nitrogens is 3. The lowest BCUT2D eigenvalue weighted by Gasteiger charge is -2.17. The Labute approximate surface area is 229 Å². The van der Waals surface area contributed by atoms with E-state index in [0.717, 1.165) is 12.1 Å². The second-order valence-corrected chi connectivity index (χ2v) is 10.3. The van der Waals surface area contributed by atoms with Gasteiger partial charge in [0.2, 0.25) is 5.91 Å². The van der Waals surface area contributed by atoms with Crippen molar-refractivity contribution in [3.05, 3.63) is 54.0 Å². The van der Waals surface area contributed by atoms with Gasteiger partial charge in [0.25, 0.3) is 0 Å². The number of hydrogen-bond donors (Lipinski definition) is 5. The van der Waals surface area contributed by atoms with Crippen molar-refractivity contribution in [1.82, 2.24) is 19.3 Å². The van der Waals surface area contributed by atoms with Crippen LogP contribution in [-0.4, -0.2) is 81.1 Å². The van der Waals surface area contributed by atoms with Crippen LogP contribution < -0.4 is 10.5 Å². The number of aliphatic hydroxyl groups excluding tert-OH is 3. The molecule has 1 fully saturated rings. The predicted octanol–water partition coefficient (Wildman–Crippen LogP) is 0.269. The van der Waals surface area contributed by atoms with E-state index in [4.69, 9.17) is 14.7 Å². The molecule has 3 heterocycles. The van der Waals surface area contributed by atoms with Crippen molar-refractivity contribution in [2.24, 2.45) is 0 Å². The Morgan fingerprint density at radius 2 is 1.85 bits per heavy atom. The lowest BCUT2D eigenvalue weighted by atomic mass is 9.96. The van der Waals surface area contributed by atoms with Crippen LogP contribution in [-0.2, 0) is 24.0 Å². The van der Waals surface area contributed by atoms with E-state index in [1.165, 1.54) is 40.0 Å². The highest BCUT2D eigenvalue weighted by molar-refractivity contribution is 7.85. The minimum absolute atomic E-state index is 0.229. The molecular formula is C23H24F3N5O9S. The summed E-state index contributed by atoms with van der Waals surface area (Å²) in [4.78, 5) is 32.8. The first-order valence-corrected chi connectivity index (χ1v) is 13.3. The molecular weight excluding hydrogens is 579 g/mol. The number of hydrogen-bond acceptors (Lipinski definition) is 12. The first kappa shape index (κ1) is 30.3. The zero-order valence-corrected chi connectivity index (χ0v) is 21.6. The number of nitrogens with two attached hydrogens (primary N) is 1. The third kappa shape index (κ3) is 6.63. The van der Waals surface area contributed by atoms with Crippen LogP contribution in [0, 0.1) is 0 Å². The van der Waals surface area contributed by atoms with Crippen molar-refractivity contribution in [2.75, 3.05) is 12.3 Å². The number of nitrogen functional groups attached to an aromatic ring is 1. The summed E-state index contributed by atoms with van der Waals surface area (Å²) in [5, 5.41) is 30.3. The molecule has 41 heavy (non-hydrogen) atoms. The lowest BCUT2D eigenvalue weighted by molar-refractivity contribution is -0.206. The molecule has 1 aliphatic heterocycles. The van der Waals surface area contributed by atoms with Crippen molar-refractivity contribution in [3.8, 4) is 0 Å².